The zero-order chi connectivity index (χ0) is 15.7. The first-order valence-electron chi connectivity index (χ1n) is 7.48. The third kappa shape index (κ3) is 2.88. The molecule has 7 heteroatoms. The number of nitrogens with zero attached hydrogens (tertiary/aromatic N) is 3. The number of hydrogen-bond donors (Lipinski definition) is 0. The van der Waals surface area contributed by atoms with E-state index in [0.29, 0.717) is 5.15 Å². The van der Waals surface area contributed by atoms with Crippen LogP contribution in [-0.2, 0) is 16.0 Å². The predicted molar refractivity (Wildman–Crippen MR) is 82.1 cm³/mol. The second-order valence-corrected chi connectivity index (χ2v) is 5.93. The molecule has 22 heavy (non-hydrogen) atoms. The highest BCUT2D eigenvalue weighted by Gasteiger charge is 2.38. The van der Waals surface area contributed by atoms with Gasteiger partial charge >= 0.3 is 6.09 Å². The van der Waals surface area contributed by atoms with E-state index in [1.165, 1.54) is 4.90 Å². The number of anilines is 1. The van der Waals surface area contributed by atoms with Crippen molar-refractivity contribution in [1.29, 1.82) is 0 Å². The Morgan fingerprint density at radius 1 is 1.32 bits per heavy atom. The van der Waals surface area contributed by atoms with Crippen LogP contribution in [0.4, 0.5) is 10.6 Å². The number of rotatable bonds is 3. The molecule has 0 spiro atoms. The highest BCUT2D eigenvalue weighted by molar-refractivity contribution is 6.29. The molecule has 0 unspecified atom stereocenters. The molecular formula is C15H18ClN3O3. The topological polar surface area (TPSA) is 62.7 Å². The summed E-state index contributed by atoms with van der Waals surface area (Å²) in [5.74, 6) is 0.621. The van der Waals surface area contributed by atoms with E-state index in [9.17, 15) is 9.59 Å². The van der Waals surface area contributed by atoms with Crippen LogP contribution in [0.3, 0.4) is 0 Å². The normalized spacial score (nSPS) is 19.7. The Kier molecular flexibility index (Phi) is 4.20. The third-order valence-electron chi connectivity index (χ3n) is 4.19. The molecule has 1 aromatic heterocycles. The Morgan fingerprint density at radius 2 is 2.05 bits per heavy atom. The molecule has 6 nitrogen and oxygen atoms in total. The molecule has 0 radical (unpaired) electrons. The highest BCUT2D eigenvalue weighted by Crippen LogP contribution is 2.25. The van der Waals surface area contributed by atoms with Crippen molar-refractivity contribution in [1.82, 2.24) is 9.88 Å². The Hall–Kier alpha value is -1.82. The minimum atomic E-state index is -0.516. The van der Waals surface area contributed by atoms with E-state index in [0.717, 1.165) is 43.7 Å². The summed E-state index contributed by atoms with van der Waals surface area (Å²) < 4.78 is 4.78. The van der Waals surface area contributed by atoms with Gasteiger partial charge < -0.3 is 9.64 Å². The van der Waals surface area contributed by atoms with E-state index in [-0.39, 0.29) is 18.6 Å². The van der Waals surface area contributed by atoms with Crippen molar-refractivity contribution in [3.8, 4) is 0 Å². The van der Waals surface area contributed by atoms with E-state index in [4.69, 9.17) is 16.3 Å². The minimum Gasteiger partial charge on any atom is -0.439 e. The number of cyclic esters (lactones) is 1. The van der Waals surface area contributed by atoms with Crippen LogP contribution in [0.5, 0.6) is 0 Å². The van der Waals surface area contributed by atoms with Crippen LogP contribution in [-0.4, -0.2) is 47.6 Å². The number of pyridine rings is 1. The molecule has 3 heterocycles. The van der Waals surface area contributed by atoms with E-state index >= 15 is 0 Å². The third-order valence-corrected chi connectivity index (χ3v) is 4.38. The number of aromatic nitrogens is 1. The fourth-order valence-electron chi connectivity index (χ4n) is 2.97. The fraction of sp³-hybridized carbons (Fsp3) is 0.533. The Labute approximate surface area is 134 Å². The van der Waals surface area contributed by atoms with Gasteiger partial charge in [-0.05, 0) is 37.0 Å². The summed E-state index contributed by atoms with van der Waals surface area (Å²) in [6.45, 7) is 3.41. The first-order chi connectivity index (χ1) is 10.6. The SMILES string of the molecule is CCc1cc(Cl)nc(N2CCC(N3C(=O)COC3=O)CC2)c1. The van der Waals surface area contributed by atoms with Crippen molar-refractivity contribution in [3.63, 3.8) is 0 Å². The summed E-state index contributed by atoms with van der Waals surface area (Å²) in [4.78, 5) is 31.1. The van der Waals surface area contributed by atoms with E-state index in [1.54, 1.807) is 0 Å². The molecule has 0 bridgehead atoms. The molecule has 2 fully saturated rings. The lowest BCUT2D eigenvalue weighted by Crippen LogP contribution is -2.47. The summed E-state index contributed by atoms with van der Waals surface area (Å²) in [6, 6.07) is 3.83. The van der Waals surface area contributed by atoms with E-state index < -0.39 is 6.09 Å². The Morgan fingerprint density at radius 3 is 2.64 bits per heavy atom. The molecule has 0 saturated carbocycles. The van der Waals surface area contributed by atoms with Gasteiger partial charge in [-0.1, -0.05) is 18.5 Å². The molecule has 2 saturated heterocycles. The summed E-state index contributed by atoms with van der Waals surface area (Å²) in [5, 5.41) is 0.495. The first-order valence-corrected chi connectivity index (χ1v) is 7.86. The average Bonchev–Trinajstić information content (AvgIpc) is 2.86. The molecule has 2 aliphatic heterocycles. The zero-order valence-corrected chi connectivity index (χ0v) is 13.2. The predicted octanol–water partition coefficient (Wildman–Crippen LogP) is 2.25. The van der Waals surface area contributed by atoms with E-state index in [1.807, 2.05) is 12.1 Å². The maximum Gasteiger partial charge on any atom is 0.417 e. The number of ether oxygens (including phenoxy) is 1. The lowest BCUT2D eigenvalue weighted by atomic mass is 10.0. The standard InChI is InChI=1S/C15H18ClN3O3/c1-2-10-7-12(16)17-13(8-10)18-5-3-11(4-6-18)19-14(20)9-22-15(19)21/h7-8,11H,2-6,9H2,1H3. The second kappa shape index (κ2) is 6.12. The van der Waals surface area contributed by atoms with Gasteiger partial charge in [0.05, 0.1) is 0 Å². The maximum absolute atomic E-state index is 11.7. The van der Waals surface area contributed by atoms with Crippen LogP contribution in [0, 0.1) is 0 Å². The average molecular weight is 324 g/mol. The first kappa shape index (κ1) is 15.1. The molecule has 1 aromatic rings. The molecule has 3 rings (SSSR count). The van der Waals surface area contributed by atoms with Gasteiger partial charge in [-0.25, -0.2) is 14.7 Å². The number of halogens is 1. The molecule has 118 valence electrons. The van der Waals surface area contributed by atoms with Crippen molar-refractivity contribution < 1.29 is 14.3 Å². The number of amides is 2. The number of hydrogen-bond acceptors (Lipinski definition) is 5. The van der Waals surface area contributed by atoms with Gasteiger partial charge in [-0.2, -0.15) is 0 Å². The molecule has 2 amide bonds. The number of imide groups is 1. The molecule has 0 aliphatic carbocycles. The van der Waals surface area contributed by atoms with Crippen LogP contribution in [0.15, 0.2) is 12.1 Å². The summed E-state index contributed by atoms with van der Waals surface area (Å²) in [6.07, 6.45) is 1.82. The lowest BCUT2D eigenvalue weighted by molar-refractivity contribution is -0.127. The summed E-state index contributed by atoms with van der Waals surface area (Å²) in [7, 11) is 0. The van der Waals surface area contributed by atoms with Crippen molar-refractivity contribution in [3.05, 3.63) is 22.8 Å². The molecular weight excluding hydrogens is 306 g/mol. The number of carbonyl (C=O) groups is 2. The van der Waals surface area contributed by atoms with Crippen LogP contribution >= 0.6 is 11.6 Å². The summed E-state index contributed by atoms with van der Waals surface area (Å²) in [5.41, 5.74) is 1.15. The number of piperidine rings is 1. The van der Waals surface area contributed by atoms with Crippen molar-refractivity contribution >= 4 is 29.4 Å². The largest absolute Gasteiger partial charge is 0.439 e. The Bertz CT molecular complexity index is 584. The van der Waals surface area contributed by atoms with Gasteiger partial charge in [0.1, 0.15) is 11.0 Å². The zero-order valence-electron chi connectivity index (χ0n) is 12.4. The second-order valence-electron chi connectivity index (χ2n) is 5.55. The highest BCUT2D eigenvalue weighted by atomic mass is 35.5. The van der Waals surface area contributed by atoms with Gasteiger partial charge in [0, 0.05) is 19.1 Å². The minimum absolute atomic E-state index is 0.0800. The van der Waals surface area contributed by atoms with Gasteiger partial charge in [0.25, 0.3) is 5.91 Å². The van der Waals surface area contributed by atoms with Gasteiger partial charge in [0.15, 0.2) is 6.61 Å². The smallest absolute Gasteiger partial charge is 0.417 e. The van der Waals surface area contributed by atoms with Crippen LogP contribution < -0.4 is 4.90 Å². The van der Waals surface area contributed by atoms with Crippen LogP contribution in [0.25, 0.3) is 0 Å². The number of carbonyl (C=O) groups excluding carboxylic acids is 2. The molecule has 0 aromatic carbocycles. The van der Waals surface area contributed by atoms with Gasteiger partial charge in [-0.3, -0.25) is 4.79 Å². The van der Waals surface area contributed by atoms with Crippen LogP contribution in [0.2, 0.25) is 5.15 Å². The molecule has 0 atom stereocenters. The Balaban J connectivity index is 1.68. The maximum atomic E-state index is 11.7. The summed E-state index contributed by atoms with van der Waals surface area (Å²) >= 11 is 6.07. The monoisotopic (exact) mass is 323 g/mol. The van der Waals surface area contributed by atoms with Gasteiger partial charge in [-0.15, -0.1) is 0 Å². The number of aryl methyl sites for hydroxylation is 1. The fourth-order valence-corrected chi connectivity index (χ4v) is 3.20. The van der Waals surface area contributed by atoms with Gasteiger partial charge in [0.2, 0.25) is 0 Å². The van der Waals surface area contributed by atoms with Crippen molar-refractivity contribution in [2.24, 2.45) is 0 Å². The van der Waals surface area contributed by atoms with Crippen molar-refractivity contribution in [2.45, 2.75) is 32.2 Å². The van der Waals surface area contributed by atoms with Crippen LogP contribution in [0.1, 0.15) is 25.3 Å². The quantitative estimate of drug-likeness (QED) is 0.798. The lowest BCUT2D eigenvalue weighted by Gasteiger charge is -2.35. The van der Waals surface area contributed by atoms with Crippen molar-refractivity contribution in [2.75, 3.05) is 24.6 Å². The van der Waals surface area contributed by atoms with E-state index in [2.05, 4.69) is 16.8 Å². The molecule has 2 aliphatic rings. The molecule has 0 N–H and O–H groups in total.